The Hall–Kier alpha value is -3.22. The molecular weight excluding hydrogens is 548 g/mol. The first-order valence-corrected chi connectivity index (χ1v) is 14.5. The first-order valence-electron chi connectivity index (χ1n) is 14.5. The second-order valence-electron chi connectivity index (χ2n) is 12.0. The summed E-state index contributed by atoms with van der Waals surface area (Å²) in [6, 6.07) is 5.07. The van der Waals surface area contributed by atoms with Crippen LogP contribution >= 0.6 is 0 Å². The van der Waals surface area contributed by atoms with Gasteiger partial charge in [-0.15, -0.1) is 0 Å². The van der Waals surface area contributed by atoms with Crippen molar-refractivity contribution in [2.24, 2.45) is 11.8 Å². The number of hydrogen-bond acceptors (Lipinski definition) is 10. The van der Waals surface area contributed by atoms with Gasteiger partial charge in [0.25, 0.3) is 5.69 Å². The van der Waals surface area contributed by atoms with Gasteiger partial charge in [0.1, 0.15) is 24.6 Å². The summed E-state index contributed by atoms with van der Waals surface area (Å²) in [7, 11) is 1.59. The van der Waals surface area contributed by atoms with Crippen LogP contribution in [0.5, 0.6) is 5.75 Å². The molecule has 1 saturated heterocycles. The molecule has 12 nitrogen and oxygen atoms in total. The molecule has 1 spiro atoms. The molecule has 2 aliphatic carbocycles. The van der Waals surface area contributed by atoms with Crippen LogP contribution in [-0.2, 0) is 18.9 Å². The van der Waals surface area contributed by atoms with Crippen molar-refractivity contribution in [2.45, 2.75) is 95.2 Å². The number of carbonyl (C=O) groups excluding carboxylic acids is 2. The second kappa shape index (κ2) is 13.4. The fourth-order valence-corrected chi connectivity index (χ4v) is 6.39. The number of rotatable bonds is 11. The molecule has 1 heterocycles. The van der Waals surface area contributed by atoms with Gasteiger partial charge >= 0.3 is 12.2 Å². The lowest BCUT2D eigenvalue weighted by molar-refractivity contribution is -0.384. The maximum atomic E-state index is 13.2. The van der Waals surface area contributed by atoms with Crippen molar-refractivity contribution in [1.82, 2.24) is 5.32 Å². The van der Waals surface area contributed by atoms with Crippen LogP contribution in [0, 0.1) is 22.0 Å². The van der Waals surface area contributed by atoms with Gasteiger partial charge in [-0.1, -0.05) is 31.4 Å². The molecule has 3 fully saturated rings. The molecule has 1 amide bonds. The SMILES string of the molecule is COC1C(OC(=O)NC2(COC(=O)Oc3ccc([N+](=O)[O-])cc3)CCCC2)CC[C@]2(CO2)C1C(C)[C@H](O)CC=C(C)C. The minimum absolute atomic E-state index is 0.105. The normalized spacial score (nSPS) is 27.4. The number of aliphatic hydroxyl groups excluding tert-OH is 1. The Bertz CT molecular complexity index is 1140. The molecule has 2 N–H and O–H groups in total. The van der Waals surface area contributed by atoms with Gasteiger partial charge < -0.3 is 34.1 Å². The van der Waals surface area contributed by atoms with E-state index in [0.717, 1.165) is 18.4 Å². The van der Waals surface area contributed by atoms with E-state index in [4.69, 9.17) is 23.7 Å². The fraction of sp³-hybridized carbons (Fsp3) is 0.667. The van der Waals surface area contributed by atoms with Gasteiger partial charge in [0.2, 0.25) is 0 Å². The van der Waals surface area contributed by atoms with Crippen LogP contribution in [0.2, 0.25) is 0 Å². The van der Waals surface area contributed by atoms with E-state index in [0.29, 0.717) is 38.7 Å². The Labute approximate surface area is 245 Å². The van der Waals surface area contributed by atoms with Crippen molar-refractivity contribution in [1.29, 1.82) is 0 Å². The Balaban J connectivity index is 1.36. The van der Waals surface area contributed by atoms with Crippen LogP contribution in [0.1, 0.15) is 65.7 Å². The third-order valence-corrected chi connectivity index (χ3v) is 8.81. The van der Waals surface area contributed by atoms with Crippen molar-refractivity contribution >= 4 is 17.9 Å². The highest BCUT2D eigenvalue weighted by Gasteiger charge is 2.61. The Morgan fingerprint density at radius 3 is 2.45 bits per heavy atom. The highest BCUT2D eigenvalue weighted by atomic mass is 16.7. The summed E-state index contributed by atoms with van der Waals surface area (Å²) in [5.74, 6) is -0.208. The minimum atomic E-state index is -0.977. The summed E-state index contributed by atoms with van der Waals surface area (Å²) in [6.07, 6.45) is 3.46. The Morgan fingerprint density at radius 1 is 1.21 bits per heavy atom. The monoisotopic (exact) mass is 590 g/mol. The van der Waals surface area contributed by atoms with E-state index in [-0.39, 0.29) is 35.5 Å². The average molecular weight is 591 g/mol. The first-order chi connectivity index (χ1) is 20.0. The zero-order chi connectivity index (χ0) is 30.5. The molecule has 0 aromatic heterocycles. The third kappa shape index (κ3) is 7.59. The molecule has 42 heavy (non-hydrogen) atoms. The van der Waals surface area contributed by atoms with Crippen LogP contribution in [0.15, 0.2) is 35.9 Å². The van der Waals surface area contributed by atoms with E-state index in [1.54, 1.807) is 7.11 Å². The van der Waals surface area contributed by atoms with Crippen LogP contribution in [0.3, 0.4) is 0 Å². The van der Waals surface area contributed by atoms with Gasteiger partial charge in [-0.3, -0.25) is 10.1 Å². The standard InChI is InChI=1S/C30H42N2O10/c1-19(2)7-12-23(33)20(3)25-26(38-4)24(13-16-30(25)18-40-30)42-27(34)31-29(14-5-6-15-29)17-39-28(35)41-22-10-8-21(9-11-22)32(36)37/h7-11,20,23-26,33H,5-6,12-18H2,1-4H3,(H,31,34)/t20?,23-,24?,25?,26?,30+/m1/s1. The smallest absolute Gasteiger partial charge is 0.443 e. The number of nitrogens with one attached hydrogen (secondary N) is 1. The molecule has 4 unspecified atom stereocenters. The summed E-state index contributed by atoms with van der Waals surface area (Å²) in [4.78, 5) is 35.8. The maximum Gasteiger partial charge on any atom is 0.513 e. The van der Waals surface area contributed by atoms with Crippen LogP contribution in [-0.4, -0.2) is 72.1 Å². The molecule has 232 valence electrons. The lowest BCUT2D eigenvalue weighted by Crippen LogP contribution is -2.56. The molecule has 12 heteroatoms. The van der Waals surface area contributed by atoms with Crippen molar-refractivity contribution in [2.75, 3.05) is 20.3 Å². The van der Waals surface area contributed by atoms with Crippen molar-refractivity contribution in [3.63, 3.8) is 0 Å². The van der Waals surface area contributed by atoms with Crippen molar-refractivity contribution in [3.8, 4) is 5.75 Å². The molecule has 6 atom stereocenters. The molecule has 0 radical (unpaired) electrons. The molecule has 4 rings (SSSR count). The topological polar surface area (TPSA) is 159 Å². The van der Waals surface area contributed by atoms with E-state index in [1.807, 2.05) is 26.8 Å². The number of aliphatic hydroxyl groups is 1. The summed E-state index contributed by atoms with van der Waals surface area (Å²) < 4.78 is 28.3. The summed E-state index contributed by atoms with van der Waals surface area (Å²) in [5.41, 5.74) is -0.186. The van der Waals surface area contributed by atoms with E-state index in [9.17, 15) is 24.8 Å². The number of carbonyl (C=O) groups is 2. The molecule has 0 bridgehead atoms. The highest BCUT2D eigenvalue weighted by molar-refractivity contribution is 5.69. The van der Waals surface area contributed by atoms with Crippen molar-refractivity contribution in [3.05, 3.63) is 46.0 Å². The van der Waals surface area contributed by atoms with E-state index in [2.05, 4.69) is 5.32 Å². The number of hydrogen-bond donors (Lipinski definition) is 2. The Morgan fingerprint density at radius 2 is 1.88 bits per heavy atom. The number of ether oxygens (including phenoxy) is 5. The van der Waals surface area contributed by atoms with Crippen molar-refractivity contribution < 1.29 is 43.3 Å². The Kier molecular flexibility index (Phi) is 10.1. The van der Waals surface area contributed by atoms with Crippen LogP contribution in [0.4, 0.5) is 15.3 Å². The van der Waals surface area contributed by atoms with Gasteiger partial charge in [0.05, 0.1) is 28.8 Å². The van der Waals surface area contributed by atoms with Crippen LogP contribution < -0.4 is 10.1 Å². The lowest BCUT2D eigenvalue weighted by Gasteiger charge is -2.44. The quantitative estimate of drug-likeness (QED) is 0.0890. The number of methoxy groups -OCH3 is 1. The third-order valence-electron chi connectivity index (χ3n) is 8.81. The lowest BCUT2D eigenvalue weighted by atomic mass is 9.68. The predicted octanol–water partition coefficient (Wildman–Crippen LogP) is 5.07. The zero-order valence-electron chi connectivity index (χ0n) is 24.7. The molecule has 2 saturated carbocycles. The molecule has 1 aromatic rings. The number of allylic oxidation sites excluding steroid dienone is 1. The molecular formula is C30H42N2O10. The molecule has 1 aromatic carbocycles. The summed E-state index contributed by atoms with van der Waals surface area (Å²) >= 11 is 0. The minimum Gasteiger partial charge on any atom is -0.443 e. The summed E-state index contributed by atoms with van der Waals surface area (Å²) in [5, 5.41) is 24.7. The summed E-state index contributed by atoms with van der Waals surface area (Å²) in [6.45, 7) is 6.46. The number of amides is 1. The largest absolute Gasteiger partial charge is 0.513 e. The number of benzene rings is 1. The van der Waals surface area contributed by atoms with Gasteiger partial charge in [-0.2, -0.15) is 0 Å². The van der Waals surface area contributed by atoms with Gasteiger partial charge in [-0.25, -0.2) is 9.59 Å². The van der Waals surface area contributed by atoms with E-state index < -0.39 is 41.0 Å². The molecule has 3 aliphatic rings. The highest BCUT2D eigenvalue weighted by Crippen LogP contribution is 2.51. The maximum absolute atomic E-state index is 13.2. The number of nitrogens with zero attached hydrogens (tertiary/aromatic N) is 1. The van der Waals surface area contributed by atoms with E-state index >= 15 is 0 Å². The fourth-order valence-electron chi connectivity index (χ4n) is 6.39. The van der Waals surface area contributed by atoms with E-state index in [1.165, 1.54) is 24.3 Å². The number of nitro groups is 1. The van der Waals surface area contributed by atoms with Gasteiger partial charge in [-0.05, 0) is 64.0 Å². The number of non-ortho nitro benzene ring substituents is 1. The number of nitro benzene ring substituents is 1. The van der Waals surface area contributed by atoms with Crippen LogP contribution in [0.25, 0.3) is 0 Å². The molecule has 1 aliphatic heterocycles. The van der Waals surface area contributed by atoms with Gasteiger partial charge in [0, 0.05) is 25.2 Å². The first kappa shape index (κ1) is 31.7. The second-order valence-corrected chi connectivity index (χ2v) is 12.0. The zero-order valence-corrected chi connectivity index (χ0v) is 24.7. The number of alkyl carbamates (subject to hydrolysis) is 1. The predicted molar refractivity (Wildman–Crippen MR) is 151 cm³/mol. The van der Waals surface area contributed by atoms with Gasteiger partial charge in [0.15, 0.2) is 0 Å². The average Bonchev–Trinajstić information content (AvgIpc) is 3.58. The number of epoxide rings is 1.